The minimum absolute atomic E-state index is 0. The van der Waals surface area contributed by atoms with E-state index < -0.39 is 5.60 Å². The summed E-state index contributed by atoms with van der Waals surface area (Å²) in [6, 6.07) is 13.5. The van der Waals surface area contributed by atoms with Crippen molar-refractivity contribution >= 4 is 41.7 Å². The van der Waals surface area contributed by atoms with E-state index in [0.29, 0.717) is 25.6 Å². The molecule has 9 heteroatoms. The van der Waals surface area contributed by atoms with Gasteiger partial charge < -0.3 is 26.4 Å². The molecule has 180 valence electrons. The topological polar surface area (TPSA) is 116 Å². The Balaban J connectivity index is 0.00000385. The second-order valence-corrected chi connectivity index (χ2v) is 8.34. The lowest BCUT2D eigenvalue weighted by atomic mass is 9.96. The van der Waals surface area contributed by atoms with E-state index in [1.54, 1.807) is 13.1 Å². The van der Waals surface area contributed by atoms with Crippen LogP contribution in [0.25, 0.3) is 0 Å². The predicted octanol–water partition coefficient (Wildman–Crippen LogP) is 2.36. The highest BCUT2D eigenvalue weighted by Gasteiger charge is 2.25. The smallest absolute Gasteiger partial charge is 0.220 e. The number of hydrogen-bond acceptors (Lipinski definition) is 5. The quantitative estimate of drug-likeness (QED) is 0.222. The largest absolute Gasteiger partial charge is 0.384 e. The van der Waals surface area contributed by atoms with Gasteiger partial charge in [-0.1, -0.05) is 36.4 Å². The fourth-order valence-corrected chi connectivity index (χ4v) is 3.88. The Morgan fingerprint density at radius 2 is 1.91 bits per heavy atom. The molecule has 33 heavy (non-hydrogen) atoms. The zero-order valence-electron chi connectivity index (χ0n) is 19.3. The summed E-state index contributed by atoms with van der Waals surface area (Å²) in [5.74, 6) is 1.25. The van der Waals surface area contributed by atoms with Crippen LogP contribution in [0.15, 0.2) is 53.7 Å². The molecule has 0 radical (unpaired) electrons. The van der Waals surface area contributed by atoms with Gasteiger partial charge in [-0.3, -0.25) is 4.79 Å². The number of anilines is 1. The highest BCUT2D eigenvalue weighted by atomic mass is 127. The van der Waals surface area contributed by atoms with Crippen molar-refractivity contribution in [1.82, 2.24) is 15.6 Å². The number of nitrogens with one attached hydrogen (secondary N) is 2. The van der Waals surface area contributed by atoms with Crippen molar-refractivity contribution in [3.8, 4) is 0 Å². The number of hydrogen-bond donors (Lipinski definition) is 4. The van der Waals surface area contributed by atoms with Gasteiger partial charge in [0.25, 0.3) is 0 Å². The van der Waals surface area contributed by atoms with Crippen LogP contribution in [0, 0.1) is 5.92 Å². The Hall–Kier alpha value is -2.40. The van der Waals surface area contributed by atoms with E-state index in [-0.39, 0.29) is 35.8 Å². The minimum atomic E-state index is -1.03. The third-order valence-corrected chi connectivity index (χ3v) is 5.81. The molecule has 1 saturated heterocycles. The Bertz CT molecular complexity index is 914. The number of amides is 1. The standard InChI is InChI=1S/C24H34N6O2.HI/c1-3-26-23(29-17-24(2,32)20-9-5-4-6-10-20)28-16-19-8-7-13-27-22(19)30-14-11-18(12-15-30)21(25)31;/h4-10,13,18,32H,3,11-12,14-17H2,1-2H3,(H2,25,31)(H2,26,28,29);1H. The highest BCUT2D eigenvalue weighted by Crippen LogP contribution is 2.25. The van der Waals surface area contributed by atoms with Crippen LogP contribution < -0.4 is 21.3 Å². The molecular weight excluding hydrogens is 531 g/mol. The second kappa shape index (κ2) is 12.7. The fourth-order valence-electron chi connectivity index (χ4n) is 3.88. The number of carbonyl (C=O) groups is 1. The van der Waals surface area contributed by atoms with Crippen LogP contribution in [-0.4, -0.2) is 48.1 Å². The van der Waals surface area contributed by atoms with Crippen LogP contribution in [0.2, 0.25) is 0 Å². The summed E-state index contributed by atoms with van der Waals surface area (Å²) in [6.07, 6.45) is 3.27. The summed E-state index contributed by atoms with van der Waals surface area (Å²) in [6.45, 7) is 6.77. The van der Waals surface area contributed by atoms with Crippen molar-refractivity contribution < 1.29 is 9.90 Å². The molecule has 1 aromatic heterocycles. The second-order valence-electron chi connectivity index (χ2n) is 8.34. The van der Waals surface area contributed by atoms with Crippen molar-refractivity contribution in [3.63, 3.8) is 0 Å². The number of nitrogens with two attached hydrogens (primary N) is 1. The first-order valence-electron chi connectivity index (χ1n) is 11.2. The summed E-state index contributed by atoms with van der Waals surface area (Å²) in [4.78, 5) is 23.0. The number of carbonyl (C=O) groups excluding carboxylic acids is 1. The Morgan fingerprint density at radius 3 is 2.55 bits per heavy atom. The lowest BCUT2D eigenvalue weighted by Gasteiger charge is -2.32. The van der Waals surface area contributed by atoms with Crippen molar-refractivity contribution in [3.05, 3.63) is 59.8 Å². The third-order valence-electron chi connectivity index (χ3n) is 5.81. The number of piperidine rings is 1. The molecule has 2 aromatic rings. The average Bonchev–Trinajstić information content (AvgIpc) is 2.82. The molecule has 5 N–H and O–H groups in total. The molecule has 1 aromatic carbocycles. The zero-order chi connectivity index (χ0) is 23.0. The zero-order valence-corrected chi connectivity index (χ0v) is 21.7. The number of benzene rings is 1. The SMILES string of the molecule is CCNC(=NCc1cccnc1N1CCC(C(N)=O)CC1)NCC(C)(O)c1ccccc1.I. The molecule has 0 aliphatic carbocycles. The van der Waals surface area contributed by atoms with Crippen LogP contribution in [0.5, 0.6) is 0 Å². The summed E-state index contributed by atoms with van der Waals surface area (Å²) in [5.41, 5.74) is 6.29. The van der Waals surface area contributed by atoms with Crippen LogP contribution in [0.1, 0.15) is 37.8 Å². The minimum Gasteiger partial charge on any atom is -0.384 e. The summed E-state index contributed by atoms with van der Waals surface area (Å²) < 4.78 is 0. The fraction of sp³-hybridized carbons (Fsp3) is 0.458. The molecule has 0 spiro atoms. The first-order chi connectivity index (χ1) is 15.4. The molecule has 1 fully saturated rings. The van der Waals surface area contributed by atoms with Gasteiger partial charge in [0.2, 0.25) is 5.91 Å². The molecule has 1 amide bonds. The van der Waals surface area contributed by atoms with E-state index in [4.69, 9.17) is 10.7 Å². The first-order valence-corrected chi connectivity index (χ1v) is 11.2. The molecule has 3 rings (SSSR count). The molecule has 0 bridgehead atoms. The number of rotatable bonds is 8. The van der Waals surface area contributed by atoms with Gasteiger partial charge in [0.15, 0.2) is 5.96 Å². The Kier molecular flexibility index (Phi) is 10.4. The maximum atomic E-state index is 11.5. The third kappa shape index (κ3) is 7.56. The number of nitrogens with zero attached hydrogens (tertiary/aromatic N) is 3. The summed E-state index contributed by atoms with van der Waals surface area (Å²) >= 11 is 0. The molecule has 1 aliphatic heterocycles. The van der Waals surface area contributed by atoms with Crippen LogP contribution in [0.3, 0.4) is 0 Å². The van der Waals surface area contributed by atoms with Crippen LogP contribution >= 0.6 is 24.0 Å². The van der Waals surface area contributed by atoms with Gasteiger partial charge in [0, 0.05) is 37.3 Å². The molecule has 2 heterocycles. The molecule has 8 nitrogen and oxygen atoms in total. The lowest BCUT2D eigenvalue weighted by Crippen LogP contribution is -2.44. The number of aliphatic imine (C=N–C) groups is 1. The van der Waals surface area contributed by atoms with Gasteiger partial charge in [-0.25, -0.2) is 9.98 Å². The predicted molar refractivity (Wildman–Crippen MR) is 143 cm³/mol. The van der Waals surface area contributed by atoms with Crippen molar-refractivity contribution in [2.75, 3.05) is 31.1 Å². The lowest BCUT2D eigenvalue weighted by molar-refractivity contribution is -0.122. The summed E-state index contributed by atoms with van der Waals surface area (Å²) in [5, 5.41) is 17.4. The van der Waals surface area contributed by atoms with E-state index in [1.165, 1.54) is 0 Å². The van der Waals surface area contributed by atoms with E-state index in [1.807, 2.05) is 49.4 Å². The van der Waals surface area contributed by atoms with Gasteiger partial charge in [-0.15, -0.1) is 24.0 Å². The van der Waals surface area contributed by atoms with Gasteiger partial charge in [0.1, 0.15) is 11.4 Å². The Labute approximate surface area is 213 Å². The van der Waals surface area contributed by atoms with Crippen LogP contribution in [-0.2, 0) is 16.9 Å². The number of primary amides is 1. The number of guanidine groups is 1. The highest BCUT2D eigenvalue weighted by molar-refractivity contribution is 14.0. The van der Waals surface area contributed by atoms with Crippen molar-refractivity contribution in [2.45, 2.75) is 38.8 Å². The van der Waals surface area contributed by atoms with E-state index in [0.717, 1.165) is 42.9 Å². The first kappa shape index (κ1) is 26.8. The molecular formula is C24H35IN6O2. The molecule has 1 atom stereocenters. The van der Waals surface area contributed by atoms with Crippen molar-refractivity contribution in [1.29, 1.82) is 0 Å². The maximum absolute atomic E-state index is 11.5. The van der Waals surface area contributed by atoms with Gasteiger partial charge in [0.05, 0.1) is 13.1 Å². The number of aliphatic hydroxyl groups is 1. The molecule has 0 saturated carbocycles. The normalized spacial score (nSPS) is 16.5. The maximum Gasteiger partial charge on any atom is 0.220 e. The number of pyridine rings is 1. The van der Waals surface area contributed by atoms with E-state index in [9.17, 15) is 9.90 Å². The number of halogens is 1. The van der Waals surface area contributed by atoms with Gasteiger partial charge in [-0.05, 0) is 38.3 Å². The molecule has 1 aliphatic rings. The molecule has 1 unspecified atom stereocenters. The van der Waals surface area contributed by atoms with Crippen molar-refractivity contribution in [2.24, 2.45) is 16.6 Å². The average molecular weight is 566 g/mol. The summed E-state index contributed by atoms with van der Waals surface area (Å²) in [7, 11) is 0. The van der Waals surface area contributed by atoms with E-state index >= 15 is 0 Å². The monoisotopic (exact) mass is 566 g/mol. The Morgan fingerprint density at radius 1 is 1.21 bits per heavy atom. The van der Waals surface area contributed by atoms with Gasteiger partial charge in [-0.2, -0.15) is 0 Å². The van der Waals surface area contributed by atoms with Crippen LogP contribution in [0.4, 0.5) is 5.82 Å². The van der Waals surface area contributed by atoms with Gasteiger partial charge >= 0.3 is 0 Å². The van der Waals surface area contributed by atoms with E-state index in [2.05, 4.69) is 20.5 Å². The number of aromatic nitrogens is 1.